The topological polar surface area (TPSA) is 79.0 Å². The van der Waals surface area contributed by atoms with E-state index in [1.165, 1.54) is 24.0 Å². The number of ether oxygens (including phenoxy) is 1. The summed E-state index contributed by atoms with van der Waals surface area (Å²) in [4.78, 5) is 14.0. The summed E-state index contributed by atoms with van der Waals surface area (Å²) in [7, 11) is -0.562. The molecule has 2 atom stereocenters. The number of hydrogen-bond acceptors (Lipinski definition) is 4. The van der Waals surface area contributed by atoms with Gasteiger partial charge in [-0.25, -0.2) is 0 Å². The first kappa shape index (κ1) is 23.2. The third kappa shape index (κ3) is 5.81. The molecule has 8 heteroatoms. The molecule has 1 N–H and O–H groups in total. The third-order valence-corrected chi connectivity index (χ3v) is 7.97. The Morgan fingerprint density at radius 2 is 1.80 bits per heavy atom. The van der Waals surface area contributed by atoms with Gasteiger partial charge < -0.3 is 9.64 Å². The van der Waals surface area contributed by atoms with Crippen molar-refractivity contribution in [1.82, 2.24) is 13.9 Å². The van der Waals surface area contributed by atoms with Crippen molar-refractivity contribution in [2.24, 2.45) is 0 Å². The lowest BCUT2D eigenvalue weighted by molar-refractivity contribution is -0.136. The summed E-state index contributed by atoms with van der Waals surface area (Å²) in [5, 5.41) is 0. The number of likely N-dealkylation sites (tertiary alicyclic amines) is 1. The van der Waals surface area contributed by atoms with E-state index in [0.29, 0.717) is 25.5 Å². The molecule has 0 spiro atoms. The zero-order valence-electron chi connectivity index (χ0n) is 18.3. The molecule has 1 aliphatic carbocycles. The van der Waals surface area contributed by atoms with Gasteiger partial charge in [0.1, 0.15) is 0 Å². The first-order valence-corrected chi connectivity index (χ1v) is 12.4. The van der Waals surface area contributed by atoms with Crippen LogP contribution in [0.1, 0.15) is 56.9 Å². The highest BCUT2D eigenvalue weighted by Gasteiger charge is 2.36. The smallest absolute Gasteiger partial charge is 0.279 e. The Morgan fingerprint density at radius 3 is 2.40 bits per heavy atom. The Balaban J connectivity index is 1.59. The number of carbonyl (C=O) groups is 1. The van der Waals surface area contributed by atoms with E-state index in [1.807, 2.05) is 6.07 Å². The van der Waals surface area contributed by atoms with E-state index < -0.39 is 10.2 Å². The molecule has 3 rings (SSSR count). The number of nitrogens with zero attached hydrogens (tertiary/aromatic N) is 2. The first-order chi connectivity index (χ1) is 14.3. The molecule has 0 radical (unpaired) electrons. The minimum absolute atomic E-state index is 0.0369. The van der Waals surface area contributed by atoms with Gasteiger partial charge in [-0.2, -0.15) is 17.4 Å². The summed E-state index contributed by atoms with van der Waals surface area (Å²) in [5.41, 5.74) is 1.39. The van der Waals surface area contributed by atoms with Gasteiger partial charge in [0.25, 0.3) is 10.2 Å². The Labute approximate surface area is 180 Å². The lowest BCUT2D eigenvalue weighted by atomic mass is 9.83. The first-order valence-electron chi connectivity index (χ1n) is 10.9. The van der Waals surface area contributed by atoms with Crippen LogP contribution in [0.3, 0.4) is 0 Å². The summed E-state index contributed by atoms with van der Waals surface area (Å²) in [5.74, 6) is 0.541. The van der Waals surface area contributed by atoms with Gasteiger partial charge in [-0.3, -0.25) is 4.79 Å². The van der Waals surface area contributed by atoms with Crippen molar-refractivity contribution in [1.29, 1.82) is 0 Å². The lowest BCUT2D eigenvalue weighted by Gasteiger charge is -2.42. The van der Waals surface area contributed by atoms with Crippen LogP contribution in [0.2, 0.25) is 0 Å². The molecular formula is C22H35N3O4S. The van der Waals surface area contributed by atoms with Gasteiger partial charge in [-0.1, -0.05) is 30.3 Å². The standard InChI is InChI=1S/C22H35N3O4S/c1-17(26)25-15-7-10-21(23-30(27,28)24(2)3)22(25)16-29-20-13-11-19(12-14-20)18-8-5-4-6-9-18/h4-6,8-9,19-23H,7,10-16H2,1-3H3/t19?,20?,21?,22-/m0/s1. The molecule has 0 bridgehead atoms. The van der Waals surface area contributed by atoms with Crippen molar-refractivity contribution in [2.45, 2.75) is 69.6 Å². The second-order valence-corrected chi connectivity index (χ2v) is 10.6. The normalized spacial score (nSPS) is 27.9. The minimum Gasteiger partial charge on any atom is -0.376 e. The van der Waals surface area contributed by atoms with Crippen molar-refractivity contribution >= 4 is 16.1 Å². The Hall–Kier alpha value is -1.48. The van der Waals surface area contributed by atoms with Crippen molar-refractivity contribution in [3.63, 3.8) is 0 Å². The maximum absolute atomic E-state index is 12.4. The zero-order valence-corrected chi connectivity index (χ0v) is 19.1. The van der Waals surface area contributed by atoms with Crippen molar-refractivity contribution in [2.75, 3.05) is 27.2 Å². The Morgan fingerprint density at radius 1 is 1.13 bits per heavy atom. The van der Waals surface area contributed by atoms with Crippen LogP contribution in [0.25, 0.3) is 0 Å². The molecule has 1 aromatic rings. The maximum atomic E-state index is 12.4. The predicted octanol–water partition coefficient (Wildman–Crippen LogP) is 2.50. The molecule has 2 aliphatic rings. The molecule has 7 nitrogen and oxygen atoms in total. The SMILES string of the molecule is CC(=O)N1CCCC(NS(=O)(=O)N(C)C)[C@@H]1COC1CCC(c2ccccc2)CC1. The summed E-state index contributed by atoms with van der Waals surface area (Å²) >= 11 is 0. The minimum atomic E-state index is -3.57. The molecule has 2 fully saturated rings. The largest absolute Gasteiger partial charge is 0.376 e. The van der Waals surface area contributed by atoms with E-state index in [9.17, 15) is 13.2 Å². The molecule has 30 heavy (non-hydrogen) atoms. The van der Waals surface area contributed by atoms with Crippen LogP contribution in [0.4, 0.5) is 0 Å². The lowest BCUT2D eigenvalue weighted by Crippen LogP contribution is -2.59. The van der Waals surface area contributed by atoms with Gasteiger partial charge in [-0.05, 0) is 50.0 Å². The van der Waals surface area contributed by atoms with E-state index >= 15 is 0 Å². The number of amides is 1. The average molecular weight is 438 g/mol. The number of carbonyl (C=O) groups excluding carboxylic acids is 1. The van der Waals surface area contributed by atoms with Crippen LogP contribution in [0.5, 0.6) is 0 Å². The van der Waals surface area contributed by atoms with E-state index in [-0.39, 0.29) is 24.1 Å². The van der Waals surface area contributed by atoms with E-state index in [1.54, 1.807) is 11.8 Å². The fourth-order valence-corrected chi connectivity index (χ4v) is 5.48. The Kier molecular flexibility index (Phi) is 7.90. The van der Waals surface area contributed by atoms with Crippen molar-refractivity contribution in [3.8, 4) is 0 Å². The number of hydrogen-bond donors (Lipinski definition) is 1. The number of piperidine rings is 1. The van der Waals surface area contributed by atoms with Gasteiger partial charge in [-0.15, -0.1) is 0 Å². The van der Waals surface area contributed by atoms with Crippen molar-refractivity contribution < 1.29 is 17.9 Å². The second-order valence-electron chi connectivity index (χ2n) is 8.65. The third-order valence-electron chi connectivity index (χ3n) is 6.41. The second kappa shape index (κ2) is 10.2. The maximum Gasteiger partial charge on any atom is 0.279 e. The van der Waals surface area contributed by atoms with Gasteiger partial charge in [0, 0.05) is 33.6 Å². The highest BCUT2D eigenvalue weighted by molar-refractivity contribution is 7.87. The van der Waals surface area contributed by atoms with Gasteiger partial charge in [0.2, 0.25) is 5.91 Å². The summed E-state index contributed by atoms with van der Waals surface area (Å²) in [6.07, 6.45) is 5.79. The van der Waals surface area contributed by atoms with Crippen molar-refractivity contribution in [3.05, 3.63) is 35.9 Å². The van der Waals surface area contributed by atoms with Gasteiger partial charge in [0.15, 0.2) is 0 Å². The van der Waals surface area contributed by atoms with E-state index in [0.717, 1.165) is 32.1 Å². The molecular weight excluding hydrogens is 402 g/mol. The fourth-order valence-electron chi connectivity index (χ4n) is 4.61. The molecule has 1 aromatic carbocycles. The quantitative estimate of drug-likeness (QED) is 0.711. The van der Waals surface area contributed by atoms with Gasteiger partial charge >= 0.3 is 0 Å². The molecule has 1 aliphatic heterocycles. The van der Waals surface area contributed by atoms with Crippen LogP contribution < -0.4 is 4.72 Å². The monoisotopic (exact) mass is 437 g/mol. The molecule has 1 saturated carbocycles. The summed E-state index contributed by atoms with van der Waals surface area (Å²) in [6, 6.07) is 10.00. The molecule has 1 unspecified atom stereocenters. The van der Waals surface area contributed by atoms with Crippen LogP contribution in [0.15, 0.2) is 30.3 Å². The van der Waals surface area contributed by atoms with Crippen LogP contribution in [-0.4, -0.2) is 69.0 Å². The van der Waals surface area contributed by atoms with E-state index in [2.05, 4.69) is 29.0 Å². The molecule has 0 aromatic heterocycles. The summed E-state index contributed by atoms with van der Waals surface area (Å²) < 4.78 is 34.9. The van der Waals surface area contributed by atoms with Gasteiger partial charge in [0.05, 0.1) is 18.8 Å². The van der Waals surface area contributed by atoms with Crippen LogP contribution >= 0.6 is 0 Å². The van der Waals surface area contributed by atoms with Crippen LogP contribution in [0, 0.1) is 0 Å². The molecule has 1 amide bonds. The fraction of sp³-hybridized carbons (Fsp3) is 0.682. The van der Waals surface area contributed by atoms with E-state index in [4.69, 9.17) is 4.74 Å². The molecule has 1 heterocycles. The zero-order chi connectivity index (χ0) is 21.7. The molecule has 168 valence electrons. The highest BCUT2D eigenvalue weighted by atomic mass is 32.2. The number of rotatable bonds is 7. The average Bonchev–Trinajstić information content (AvgIpc) is 2.73. The summed E-state index contributed by atoms with van der Waals surface area (Å²) in [6.45, 7) is 2.55. The number of benzene rings is 1. The molecule has 1 saturated heterocycles. The van der Waals surface area contributed by atoms with Crippen LogP contribution in [-0.2, 0) is 19.7 Å². The highest BCUT2D eigenvalue weighted by Crippen LogP contribution is 2.34. The predicted molar refractivity (Wildman–Crippen MR) is 117 cm³/mol. The Bertz CT molecular complexity index is 792. The number of nitrogens with one attached hydrogen (secondary N) is 1.